The molecule has 4 nitrogen and oxygen atoms in total. The topological polar surface area (TPSA) is 64.3 Å². The van der Waals surface area contributed by atoms with Crippen LogP contribution in [0.4, 0.5) is 5.69 Å². The molecule has 2 rings (SSSR count). The van der Waals surface area contributed by atoms with Crippen LogP contribution in [0.15, 0.2) is 18.2 Å². The molecule has 0 aliphatic carbocycles. The van der Waals surface area contributed by atoms with E-state index in [2.05, 4.69) is 5.32 Å². The summed E-state index contributed by atoms with van der Waals surface area (Å²) >= 11 is 0. The Kier molecular flexibility index (Phi) is 1.70. The van der Waals surface area contributed by atoms with E-state index in [1.807, 2.05) is 12.1 Å². The fourth-order valence-electron chi connectivity index (χ4n) is 1.45. The number of ether oxygens (including phenoxy) is 1. The highest BCUT2D eigenvalue weighted by Crippen LogP contribution is 2.36. The number of nitrogens with two attached hydrogens (primary N) is 1. The summed E-state index contributed by atoms with van der Waals surface area (Å²) in [6.45, 7) is 0. The van der Waals surface area contributed by atoms with Gasteiger partial charge in [-0.05, 0) is 6.07 Å². The Hall–Kier alpha value is -1.55. The molecule has 0 saturated heterocycles. The van der Waals surface area contributed by atoms with E-state index >= 15 is 0 Å². The van der Waals surface area contributed by atoms with Crippen LogP contribution < -0.4 is 15.8 Å². The van der Waals surface area contributed by atoms with Crippen LogP contribution in [0.2, 0.25) is 0 Å². The number of para-hydroxylation sites is 1. The summed E-state index contributed by atoms with van der Waals surface area (Å²) in [7, 11) is 1.56. The third-order valence-electron chi connectivity index (χ3n) is 2.14. The first-order valence-electron chi connectivity index (χ1n) is 3.97. The largest absolute Gasteiger partial charge is 0.495 e. The standard InChI is InChI=1S/C9H10N2O2/c1-13-6-4-2-3-5-7(10)9(12)11-8(5)6/h2-4,7H,10H2,1H3,(H,11,12). The van der Waals surface area contributed by atoms with Crippen molar-refractivity contribution < 1.29 is 9.53 Å². The molecule has 1 heterocycles. The molecule has 13 heavy (non-hydrogen) atoms. The Bertz CT molecular complexity index is 363. The van der Waals surface area contributed by atoms with Crippen LogP contribution in [0.1, 0.15) is 11.6 Å². The molecule has 0 fully saturated rings. The van der Waals surface area contributed by atoms with Crippen LogP contribution >= 0.6 is 0 Å². The van der Waals surface area contributed by atoms with Gasteiger partial charge in [0.05, 0.1) is 12.8 Å². The fraction of sp³-hybridized carbons (Fsp3) is 0.222. The van der Waals surface area contributed by atoms with E-state index in [9.17, 15) is 4.79 Å². The van der Waals surface area contributed by atoms with Crippen LogP contribution in [-0.4, -0.2) is 13.0 Å². The summed E-state index contributed by atoms with van der Waals surface area (Å²) < 4.78 is 5.08. The van der Waals surface area contributed by atoms with Gasteiger partial charge in [-0.15, -0.1) is 0 Å². The van der Waals surface area contributed by atoms with Crippen molar-refractivity contribution in [2.24, 2.45) is 5.73 Å². The van der Waals surface area contributed by atoms with E-state index in [0.29, 0.717) is 11.4 Å². The van der Waals surface area contributed by atoms with Gasteiger partial charge in [0.2, 0.25) is 5.91 Å². The van der Waals surface area contributed by atoms with Crippen molar-refractivity contribution in [2.75, 3.05) is 12.4 Å². The maximum Gasteiger partial charge on any atom is 0.246 e. The fourth-order valence-corrected chi connectivity index (χ4v) is 1.45. The Labute approximate surface area is 75.7 Å². The molecule has 0 bridgehead atoms. The summed E-state index contributed by atoms with van der Waals surface area (Å²) in [6.07, 6.45) is 0. The van der Waals surface area contributed by atoms with Gasteiger partial charge >= 0.3 is 0 Å². The van der Waals surface area contributed by atoms with Gasteiger partial charge in [0, 0.05) is 5.56 Å². The lowest BCUT2D eigenvalue weighted by molar-refractivity contribution is -0.116. The van der Waals surface area contributed by atoms with Crippen LogP contribution in [0, 0.1) is 0 Å². The van der Waals surface area contributed by atoms with E-state index < -0.39 is 6.04 Å². The van der Waals surface area contributed by atoms with Crippen LogP contribution in [0.5, 0.6) is 5.75 Å². The predicted octanol–water partition coefficient (Wildman–Crippen LogP) is 0.647. The lowest BCUT2D eigenvalue weighted by atomic mass is 10.1. The first-order chi connectivity index (χ1) is 6.24. The molecule has 68 valence electrons. The average molecular weight is 178 g/mol. The van der Waals surface area contributed by atoms with Crippen LogP contribution in [-0.2, 0) is 4.79 Å². The molecule has 1 aliphatic rings. The lowest BCUT2D eigenvalue weighted by Gasteiger charge is -2.05. The lowest BCUT2D eigenvalue weighted by Crippen LogP contribution is -2.19. The quantitative estimate of drug-likeness (QED) is 0.663. The van der Waals surface area contributed by atoms with E-state index in [-0.39, 0.29) is 5.91 Å². The van der Waals surface area contributed by atoms with Gasteiger partial charge in [-0.2, -0.15) is 0 Å². The zero-order valence-corrected chi connectivity index (χ0v) is 7.20. The van der Waals surface area contributed by atoms with Crippen molar-refractivity contribution in [1.82, 2.24) is 0 Å². The zero-order chi connectivity index (χ0) is 9.42. The van der Waals surface area contributed by atoms with Crippen molar-refractivity contribution in [3.05, 3.63) is 23.8 Å². The molecule has 1 amide bonds. The molecule has 0 aromatic heterocycles. The van der Waals surface area contributed by atoms with Gasteiger partial charge in [0.15, 0.2) is 0 Å². The molecule has 0 saturated carbocycles. The number of carbonyl (C=O) groups excluding carboxylic acids is 1. The van der Waals surface area contributed by atoms with Gasteiger partial charge < -0.3 is 15.8 Å². The molecule has 1 aromatic rings. The Morgan fingerprint density at radius 2 is 2.31 bits per heavy atom. The highest BCUT2D eigenvalue weighted by molar-refractivity contribution is 6.03. The average Bonchev–Trinajstić information content (AvgIpc) is 2.43. The number of rotatable bonds is 1. The van der Waals surface area contributed by atoms with Crippen LogP contribution in [0.3, 0.4) is 0 Å². The van der Waals surface area contributed by atoms with Gasteiger partial charge in [0.25, 0.3) is 0 Å². The molecule has 1 atom stereocenters. The highest BCUT2D eigenvalue weighted by atomic mass is 16.5. The number of carbonyl (C=O) groups is 1. The summed E-state index contributed by atoms with van der Waals surface area (Å²) in [6, 6.07) is 4.86. The number of methoxy groups -OCH3 is 1. The summed E-state index contributed by atoms with van der Waals surface area (Å²) in [4.78, 5) is 11.2. The smallest absolute Gasteiger partial charge is 0.246 e. The molecule has 1 aliphatic heterocycles. The first-order valence-corrected chi connectivity index (χ1v) is 3.97. The SMILES string of the molecule is COc1cccc2c1NC(=O)C2N. The predicted molar refractivity (Wildman–Crippen MR) is 48.6 cm³/mol. The van der Waals surface area contributed by atoms with E-state index in [1.54, 1.807) is 13.2 Å². The minimum atomic E-state index is -0.565. The van der Waals surface area contributed by atoms with Gasteiger partial charge in [0.1, 0.15) is 11.8 Å². The second-order valence-corrected chi connectivity index (χ2v) is 2.89. The van der Waals surface area contributed by atoms with Crippen molar-refractivity contribution in [2.45, 2.75) is 6.04 Å². The third kappa shape index (κ3) is 1.07. The van der Waals surface area contributed by atoms with Crippen molar-refractivity contribution in [3.8, 4) is 5.75 Å². The summed E-state index contributed by atoms with van der Waals surface area (Å²) in [5.74, 6) is 0.471. The number of benzene rings is 1. The Morgan fingerprint density at radius 3 is 3.00 bits per heavy atom. The third-order valence-corrected chi connectivity index (χ3v) is 2.14. The Balaban J connectivity index is 2.55. The molecular weight excluding hydrogens is 168 g/mol. The van der Waals surface area contributed by atoms with Crippen LogP contribution in [0.25, 0.3) is 0 Å². The summed E-state index contributed by atoms with van der Waals surface area (Å²) in [5.41, 5.74) is 7.14. The molecule has 0 spiro atoms. The van der Waals surface area contributed by atoms with E-state index in [1.165, 1.54) is 0 Å². The maximum absolute atomic E-state index is 11.2. The zero-order valence-electron chi connectivity index (χ0n) is 7.20. The first kappa shape index (κ1) is 8.07. The molecule has 1 aromatic carbocycles. The van der Waals surface area contributed by atoms with E-state index in [4.69, 9.17) is 10.5 Å². The second kappa shape index (κ2) is 2.74. The molecule has 4 heteroatoms. The van der Waals surface area contributed by atoms with Crippen molar-refractivity contribution >= 4 is 11.6 Å². The van der Waals surface area contributed by atoms with E-state index in [0.717, 1.165) is 5.56 Å². The molecular formula is C9H10N2O2. The number of nitrogens with one attached hydrogen (secondary N) is 1. The number of fused-ring (bicyclic) bond motifs is 1. The number of hydrogen-bond acceptors (Lipinski definition) is 3. The molecule has 1 unspecified atom stereocenters. The highest BCUT2D eigenvalue weighted by Gasteiger charge is 2.29. The minimum Gasteiger partial charge on any atom is -0.495 e. The van der Waals surface area contributed by atoms with Crippen molar-refractivity contribution in [3.63, 3.8) is 0 Å². The van der Waals surface area contributed by atoms with Gasteiger partial charge in [-0.25, -0.2) is 0 Å². The number of hydrogen-bond donors (Lipinski definition) is 2. The number of anilines is 1. The second-order valence-electron chi connectivity index (χ2n) is 2.89. The monoisotopic (exact) mass is 178 g/mol. The normalized spacial score (nSPS) is 19.5. The molecule has 0 radical (unpaired) electrons. The maximum atomic E-state index is 11.2. The van der Waals surface area contributed by atoms with Crippen molar-refractivity contribution in [1.29, 1.82) is 0 Å². The molecule has 3 N–H and O–H groups in total. The van der Waals surface area contributed by atoms with Gasteiger partial charge in [-0.1, -0.05) is 12.1 Å². The Morgan fingerprint density at radius 1 is 1.54 bits per heavy atom. The minimum absolute atomic E-state index is 0.181. The number of amides is 1. The summed E-state index contributed by atoms with van der Waals surface area (Å²) in [5, 5.41) is 2.68. The van der Waals surface area contributed by atoms with Gasteiger partial charge in [-0.3, -0.25) is 4.79 Å².